The number of hydrogen-bond acceptors (Lipinski definition) is 2. The Morgan fingerprint density at radius 1 is 0.433 bits per heavy atom. The number of ether oxygens (including phenoxy) is 2. The lowest BCUT2D eigenvalue weighted by molar-refractivity contribution is 0.302. The Balaban J connectivity index is 1.58. The highest BCUT2D eigenvalue weighted by Gasteiger charge is 2.04. The highest BCUT2D eigenvalue weighted by molar-refractivity contribution is 6.18. The van der Waals surface area contributed by atoms with Crippen molar-refractivity contribution in [2.45, 2.75) is 36.7 Å². The maximum atomic E-state index is 5.95. The van der Waals surface area contributed by atoms with Gasteiger partial charge in [0.25, 0.3) is 0 Å². The Bertz CT molecular complexity index is 835. The predicted molar refractivity (Wildman–Crippen MR) is 126 cm³/mol. The van der Waals surface area contributed by atoms with Gasteiger partial charge in [-0.05, 0) is 57.6 Å². The van der Waals surface area contributed by atoms with E-state index in [0.29, 0.717) is 36.7 Å². The minimum Gasteiger partial charge on any atom is -0.489 e. The van der Waals surface area contributed by atoms with Gasteiger partial charge in [-0.15, -0.1) is 46.4 Å². The maximum absolute atomic E-state index is 5.95. The first-order valence-electron chi connectivity index (χ1n) is 9.46. The lowest BCUT2D eigenvalue weighted by Gasteiger charge is -2.11. The molecule has 0 aromatic heterocycles. The van der Waals surface area contributed by atoms with E-state index in [4.69, 9.17) is 55.9 Å². The third kappa shape index (κ3) is 6.72. The molecule has 0 aliphatic rings. The van der Waals surface area contributed by atoms with Gasteiger partial charge in [0.1, 0.15) is 24.7 Å². The molecule has 0 atom stereocenters. The molecule has 0 fully saturated rings. The summed E-state index contributed by atoms with van der Waals surface area (Å²) in [4.78, 5) is 0. The van der Waals surface area contributed by atoms with Crippen LogP contribution >= 0.6 is 46.4 Å². The molecular weight excluding hydrogens is 462 g/mol. The topological polar surface area (TPSA) is 18.5 Å². The van der Waals surface area contributed by atoms with Gasteiger partial charge >= 0.3 is 0 Å². The third-order valence-corrected chi connectivity index (χ3v) is 5.74. The van der Waals surface area contributed by atoms with E-state index in [9.17, 15) is 0 Å². The molecule has 30 heavy (non-hydrogen) atoms. The van der Waals surface area contributed by atoms with Crippen molar-refractivity contribution in [3.05, 3.63) is 94.0 Å². The molecule has 0 aliphatic heterocycles. The summed E-state index contributed by atoms with van der Waals surface area (Å²) in [6.45, 7) is 0.927. The zero-order valence-electron chi connectivity index (χ0n) is 16.3. The van der Waals surface area contributed by atoms with Crippen LogP contribution in [0.3, 0.4) is 0 Å². The van der Waals surface area contributed by atoms with E-state index in [1.807, 2.05) is 60.7 Å². The minimum atomic E-state index is 0.427. The fourth-order valence-electron chi connectivity index (χ4n) is 3.00. The van der Waals surface area contributed by atoms with Gasteiger partial charge in [-0.2, -0.15) is 0 Å². The minimum absolute atomic E-state index is 0.427. The average molecular weight is 484 g/mol. The van der Waals surface area contributed by atoms with Crippen LogP contribution in [0.2, 0.25) is 0 Å². The SMILES string of the molecule is ClCc1cc(CCl)cc(OCc2ccc(COc3cc(CCl)cc(CCl)c3)cc2)c1. The van der Waals surface area contributed by atoms with Gasteiger partial charge in [0.2, 0.25) is 0 Å². The standard InChI is InChI=1S/C24H22Cl4O2/c25-11-19-5-20(12-26)8-23(7-19)29-15-17-1-2-18(4-3-17)16-30-24-9-21(13-27)6-22(10-24)14-28/h1-10H,11-16H2. The molecule has 3 rings (SSSR count). The number of benzene rings is 3. The quantitative estimate of drug-likeness (QED) is 0.274. The molecule has 0 amide bonds. The van der Waals surface area contributed by atoms with Crippen LogP contribution in [0.25, 0.3) is 0 Å². The Morgan fingerprint density at radius 3 is 1.00 bits per heavy atom. The molecule has 158 valence electrons. The largest absolute Gasteiger partial charge is 0.489 e. The fraction of sp³-hybridized carbons (Fsp3) is 0.250. The third-order valence-electron chi connectivity index (χ3n) is 4.50. The van der Waals surface area contributed by atoms with Crippen molar-refractivity contribution >= 4 is 46.4 Å². The molecule has 0 bridgehead atoms. The molecule has 2 nitrogen and oxygen atoms in total. The number of rotatable bonds is 10. The van der Waals surface area contributed by atoms with Gasteiger partial charge in [-0.3, -0.25) is 0 Å². The van der Waals surface area contributed by atoms with E-state index in [1.165, 1.54) is 0 Å². The van der Waals surface area contributed by atoms with Gasteiger partial charge in [0.15, 0.2) is 0 Å². The van der Waals surface area contributed by atoms with Crippen LogP contribution < -0.4 is 9.47 Å². The summed E-state index contributed by atoms with van der Waals surface area (Å²) in [5, 5.41) is 0. The first kappa shape index (κ1) is 23.1. The van der Waals surface area contributed by atoms with Gasteiger partial charge < -0.3 is 9.47 Å². The van der Waals surface area contributed by atoms with Gasteiger partial charge in [0.05, 0.1) is 0 Å². The highest BCUT2D eigenvalue weighted by atomic mass is 35.5. The Morgan fingerprint density at radius 2 is 0.733 bits per heavy atom. The van der Waals surface area contributed by atoms with Crippen LogP contribution in [0, 0.1) is 0 Å². The van der Waals surface area contributed by atoms with Crippen molar-refractivity contribution in [1.82, 2.24) is 0 Å². The molecule has 0 spiro atoms. The molecule has 3 aromatic carbocycles. The highest BCUT2D eigenvalue weighted by Crippen LogP contribution is 2.23. The van der Waals surface area contributed by atoms with Crippen LogP contribution in [-0.2, 0) is 36.7 Å². The predicted octanol–water partition coefficient (Wildman–Crippen LogP) is 7.80. The number of alkyl halides is 4. The van der Waals surface area contributed by atoms with Crippen molar-refractivity contribution in [3.63, 3.8) is 0 Å². The summed E-state index contributed by atoms with van der Waals surface area (Å²) in [6, 6.07) is 19.9. The molecule has 0 saturated heterocycles. The molecule has 0 radical (unpaired) electrons. The Labute approximate surface area is 197 Å². The van der Waals surface area contributed by atoms with E-state index in [-0.39, 0.29) is 0 Å². The van der Waals surface area contributed by atoms with Crippen molar-refractivity contribution in [2.75, 3.05) is 0 Å². The van der Waals surface area contributed by atoms with Crippen LogP contribution in [0.15, 0.2) is 60.7 Å². The summed E-state index contributed by atoms with van der Waals surface area (Å²) in [7, 11) is 0. The van der Waals surface area contributed by atoms with E-state index >= 15 is 0 Å². The normalized spacial score (nSPS) is 10.8. The second-order valence-electron chi connectivity index (χ2n) is 6.90. The smallest absolute Gasteiger partial charge is 0.120 e. The van der Waals surface area contributed by atoms with Crippen LogP contribution in [-0.4, -0.2) is 0 Å². The molecule has 0 unspecified atom stereocenters. The van der Waals surface area contributed by atoms with Gasteiger partial charge in [-0.25, -0.2) is 0 Å². The average Bonchev–Trinajstić information content (AvgIpc) is 2.81. The van der Waals surface area contributed by atoms with E-state index < -0.39 is 0 Å². The lowest BCUT2D eigenvalue weighted by Crippen LogP contribution is -1.99. The first-order valence-corrected chi connectivity index (χ1v) is 11.6. The fourth-order valence-corrected chi connectivity index (χ4v) is 3.61. The number of hydrogen-bond donors (Lipinski definition) is 0. The van der Waals surface area contributed by atoms with Crippen molar-refractivity contribution < 1.29 is 9.47 Å². The zero-order chi connectivity index (χ0) is 21.3. The lowest BCUT2D eigenvalue weighted by atomic mass is 10.1. The van der Waals surface area contributed by atoms with E-state index in [1.54, 1.807) is 0 Å². The van der Waals surface area contributed by atoms with Gasteiger partial charge in [-0.1, -0.05) is 36.4 Å². The molecule has 0 N–H and O–H groups in total. The molecular formula is C24H22Cl4O2. The number of halogens is 4. The van der Waals surface area contributed by atoms with Crippen LogP contribution in [0.1, 0.15) is 33.4 Å². The van der Waals surface area contributed by atoms with E-state index in [2.05, 4.69) is 0 Å². The molecule has 6 heteroatoms. The van der Waals surface area contributed by atoms with E-state index in [0.717, 1.165) is 44.9 Å². The van der Waals surface area contributed by atoms with Gasteiger partial charge in [0, 0.05) is 23.5 Å². The second-order valence-corrected chi connectivity index (χ2v) is 7.97. The second kappa shape index (κ2) is 11.7. The first-order chi connectivity index (χ1) is 14.6. The Kier molecular flexibility index (Phi) is 9.02. The van der Waals surface area contributed by atoms with Crippen molar-refractivity contribution in [1.29, 1.82) is 0 Å². The molecule has 0 saturated carbocycles. The Hall–Kier alpha value is -1.58. The van der Waals surface area contributed by atoms with Crippen LogP contribution in [0.4, 0.5) is 0 Å². The summed E-state index contributed by atoms with van der Waals surface area (Å²) in [5.41, 5.74) is 6.11. The molecule has 3 aromatic rings. The maximum Gasteiger partial charge on any atom is 0.120 e. The summed E-state index contributed by atoms with van der Waals surface area (Å²) in [5.74, 6) is 3.24. The van der Waals surface area contributed by atoms with Crippen molar-refractivity contribution in [2.24, 2.45) is 0 Å². The van der Waals surface area contributed by atoms with Crippen molar-refractivity contribution in [3.8, 4) is 11.5 Å². The monoisotopic (exact) mass is 482 g/mol. The molecule has 0 aliphatic carbocycles. The summed E-state index contributed by atoms with van der Waals surface area (Å²) < 4.78 is 11.8. The molecule has 0 heterocycles. The summed E-state index contributed by atoms with van der Waals surface area (Å²) >= 11 is 23.8. The van der Waals surface area contributed by atoms with Crippen LogP contribution in [0.5, 0.6) is 11.5 Å². The summed E-state index contributed by atoms with van der Waals surface area (Å²) in [6.07, 6.45) is 0. The zero-order valence-corrected chi connectivity index (χ0v) is 19.4.